The van der Waals surface area contributed by atoms with Gasteiger partial charge in [0.05, 0.1) is 4.92 Å². The van der Waals surface area contributed by atoms with Crippen LogP contribution in [0, 0.1) is 10.1 Å². The Morgan fingerprint density at radius 3 is 2.75 bits per heavy atom. The number of benzene rings is 2. The number of rotatable bonds is 4. The van der Waals surface area contributed by atoms with Crippen LogP contribution in [0.15, 0.2) is 48.5 Å². The molecular formula is C13H10N4O3. The predicted molar refractivity (Wildman–Crippen MR) is 70.9 cm³/mol. The number of nitrogens with zero attached hydrogens (tertiary/aromatic N) is 4. The summed E-state index contributed by atoms with van der Waals surface area (Å²) in [4.78, 5) is 17.0. The Kier molecular flexibility index (Phi) is 3.00. The van der Waals surface area contributed by atoms with Crippen molar-refractivity contribution in [1.82, 2.24) is 15.2 Å². The van der Waals surface area contributed by atoms with Crippen LogP contribution in [-0.4, -0.2) is 20.1 Å². The van der Waals surface area contributed by atoms with Crippen LogP contribution in [0.1, 0.15) is 5.56 Å². The summed E-state index contributed by atoms with van der Waals surface area (Å²) >= 11 is 0. The van der Waals surface area contributed by atoms with Gasteiger partial charge in [-0.2, -0.15) is 0 Å². The molecule has 0 unspecified atom stereocenters. The number of non-ortho nitro benzene ring substituents is 1. The van der Waals surface area contributed by atoms with Crippen LogP contribution in [-0.2, 0) is 6.61 Å². The van der Waals surface area contributed by atoms with Gasteiger partial charge in [0.25, 0.3) is 5.69 Å². The van der Waals surface area contributed by atoms with Crippen molar-refractivity contribution < 1.29 is 9.76 Å². The lowest BCUT2D eigenvalue weighted by atomic mass is 10.2. The highest BCUT2D eigenvalue weighted by molar-refractivity contribution is 5.76. The van der Waals surface area contributed by atoms with E-state index in [2.05, 4.69) is 10.3 Å². The van der Waals surface area contributed by atoms with Crippen LogP contribution in [0.4, 0.5) is 5.69 Å². The monoisotopic (exact) mass is 270 g/mol. The maximum atomic E-state index is 10.8. The molecule has 0 radical (unpaired) electrons. The van der Waals surface area contributed by atoms with Crippen LogP contribution >= 0.6 is 0 Å². The number of fused-ring (bicyclic) bond motifs is 1. The molecule has 1 heterocycles. The lowest BCUT2D eigenvalue weighted by molar-refractivity contribution is -0.384. The quantitative estimate of drug-likeness (QED) is 0.534. The van der Waals surface area contributed by atoms with Gasteiger partial charge in [-0.3, -0.25) is 10.1 Å². The normalized spacial score (nSPS) is 10.6. The largest absolute Gasteiger partial charge is 0.390 e. The highest BCUT2D eigenvalue weighted by Gasteiger charge is 2.12. The summed E-state index contributed by atoms with van der Waals surface area (Å²) in [5.41, 5.74) is 1.96. The number of nitro groups is 1. The second-order valence-corrected chi connectivity index (χ2v) is 4.15. The second-order valence-electron chi connectivity index (χ2n) is 4.15. The van der Waals surface area contributed by atoms with Crippen LogP contribution < -0.4 is 4.84 Å². The molecule has 0 aliphatic heterocycles. The van der Waals surface area contributed by atoms with Crippen molar-refractivity contribution in [2.45, 2.75) is 6.61 Å². The van der Waals surface area contributed by atoms with E-state index in [1.807, 2.05) is 30.3 Å². The van der Waals surface area contributed by atoms with Gasteiger partial charge in [0, 0.05) is 12.1 Å². The maximum Gasteiger partial charge on any atom is 0.271 e. The van der Waals surface area contributed by atoms with Gasteiger partial charge in [0.2, 0.25) is 0 Å². The van der Waals surface area contributed by atoms with Gasteiger partial charge in [0.15, 0.2) is 0 Å². The van der Waals surface area contributed by atoms with Gasteiger partial charge in [-0.05, 0) is 16.8 Å². The lowest BCUT2D eigenvalue weighted by Crippen LogP contribution is -2.12. The van der Waals surface area contributed by atoms with Gasteiger partial charge in [-0.1, -0.05) is 35.2 Å². The molecule has 3 rings (SSSR count). The first-order chi connectivity index (χ1) is 9.74. The molecule has 7 nitrogen and oxygen atoms in total. The van der Waals surface area contributed by atoms with E-state index in [0.717, 1.165) is 5.56 Å². The molecule has 0 saturated carbocycles. The molecule has 0 aliphatic carbocycles. The summed E-state index contributed by atoms with van der Waals surface area (Å²) in [7, 11) is 0. The smallest absolute Gasteiger partial charge is 0.271 e. The minimum atomic E-state index is -0.464. The van der Waals surface area contributed by atoms with Crippen LogP contribution in [0.5, 0.6) is 0 Å². The number of nitro benzene ring substituents is 1. The third-order valence-corrected chi connectivity index (χ3v) is 2.81. The first-order valence-electron chi connectivity index (χ1n) is 5.91. The Hall–Kier alpha value is -2.96. The molecule has 0 spiro atoms. The molecule has 3 aromatic rings. The molecule has 0 atom stereocenters. The van der Waals surface area contributed by atoms with Crippen molar-refractivity contribution in [3.8, 4) is 0 Å². The first-order valence-corrected chi connectivity index (χ1v) is 5.91. The second kappa shape index (κ2) is 4.96. The van der Waals surface area contributed by atoms with E-state index in [1.165, 1.54) is 17.0 Å². The summed E-state index contributed by atoms with van der Waals surface area (Å²) in [5.74, 6) is 0. The van der Waals surface area contributed by atoms with E-state index in [9.17, 15) is 10.1 Å². The van der Waals surface area contributed by atoms with Crippen molar-refractivity contribution >= 4 is 16.7 Å². The Balaban J connectivity index is 1.88. The number of aromatic nitrogens is 3. The molecule has 0 fully saturated rings. The zero-order valence-corrected chi connectivity index (χ0v) is 10.3. The fourth-order valence-electron chi connectivity index (χ4n) is 1.81. The Labute approximate surface area is 113 Å². The molecule has 0 N–H and O–H groups in total. The van der Waals surface area contributed by atoms with Gasteiger partial charge < -0.3 is 4.84 Å². The molecule has 7 heteroatoms. The molecule has 0 bridgehead atoms. The lowest BCUT2D eigenvalue weighted by Gasteiger charge is -2.04. The predicted octanol–water partition coefficient (Wildman–Crippen LogP) is 1.97. The average Bonchev–Trinajstić information content (AvgIpc) is 2.88. The summed E-state index contributed by atoms with van der Waals surface area (Å²) in [6.45, 7) is 0.308. The van der Waals surface area contributed by atoms with Crippen LogP contribution in [0.3, 0.4) is 0 Å². The number of hydrogen-bond acceptors (Lipinski definition) is 5. The Bertz CT molecular complexity index is 755. The molecular weight excluding hydrogens is 260 g/mol. The summed E-state index contributed by atoms with van der Waals surface area (Å²) in [6, 6.07) is 13.9. The van der Waals surface area contributed by atoms with E-state index in [-0.39, 0.29) is 5.69 Å². The van der Waals surface area contributed by atoms with Crippen molar-refractivity contribution in [1.29, 1.82) is 0 Å². The van der Waals surface area contributed by atoms with Crippen molar-refractivity contribution in [2.24, 2.45) is 0 Å². The Morgan fingerprint density at radius 1 is 1.20 bits per heavy atom. The average molecular weight is 270 g/mol. The van der Waals surface area contributed by atoms with Gasteiger partial charge in [-0.25, -0.2) is 0 Å². The van der Waals surface area contributed by atoms with E-state index in [1.54, 1.807) is 6.07 Å². The third-order valence-electron chi connectivity index (χ3n) is 2.81. The van der Waals surface area contributed by atoms with E-state index >= 15 is 0 Å². The Morgan fingerprint density at radius 2 is 2.00 bits per heavy atom. The summed E-state index contributed by atoms with van der Waals surface area (Å²) in [5, 5.41) is 18.5. The zero-order chi connectivity index (χ0) is 13.9. The molecule has 2 aromatic carbocycles. The van der Waals surface area contributed by atoms with Gasteiger partial charge >= 0.3 is 0 Å². The fraction of sp³-hybridized carbons (Fsp3) is 0.0769. The van der Waals surface area contributed by atoms with Crippen LogP contribution in [0.2, 0.25) is 0 Å². The van der Waals surface area contributed by atoms with Crippen molar-refractivity contribution in [2.75, 3.05) is 0 Å². The van der Waals surface area contributed by atoms with Gasteiger partial charge in [-0.15, -0.1) is 5.10 Å². The maximum absolute atomic E-state index is 10.8. The first kappa shape index (κ1) is 12.1. The molecule has 0 amide bonds. The summed E-state index contributed by atoms with van der Waals surface area (Å²) < 4.78 is 0. The zero-order valence-electron chi connectivity index (χ0n) is 10.3. The standard InChI is InChI=1S/C13H10N4O3/c18-17(19)11-6-7-12-13(8-11)16(15-14-12)20-9-10-4-2-1-3-5-10/h1-8H,9H2. The van der Waals surface area contributed by atoms with Crippen molar-refractivity contribution in [3.63, 3.8) is 0 Å². The molecule has 100 valence electrons. The third kappa shape index (κ3) is 2.28. The van der Waals surface area contributed by atoms with E-state index < -0.39 is 4.92 Å². The van der Waals surface area contributed by atoms with E-state index in [0.29, 0.717) is 17.6 Å². The topological polar surface area (TPSA) is 83.1 Å². The highest BCUT2D eigenvalue weighted by Crippen LogP contribution is 2.18. The van der Waals surface area contributed by atoms with Crippen LogP contribution in [0.25, 0.3) is 11.0 Å². The highest BCUT2D eigenvalue weighted by atomic mass is 16.7. The minimum absolute atomic E-state index is 0.0237. The molecule has 20 heavy (non-hydrogen) atoms. The minimum Gasteiger partial charge on any atom is -0.390 e. The van der Waals surface area contributed by atoms with Crippen molar-refractivity contribution in [3.05, 3.63) is 64.2 Å². The molecule has 0 aliphatic rings. The number of hydrogen-bond donors (Lipinski definition) is 0. The van der Waals surface area contributed by atoms with E-state index in [4.69, 9.17) is 4.84 Å². The summed E-state index contributed by atoms with van der Waals surface area (Å²) in [6.07, 6.45) is 0. The molecule has 0 saturated heterocycles. The van der Waals surface area contributed by atoms with Gasteiger partial charge in [0.1, 0.15) is 17.6 Å². The fourth-order valence-corrected chi connectivity index (χ4v) is 1.81. The SMILES string of the molecule is O=[N+]([O-])c1ccc2nnn(OCc3ccccc3)c2c1. The molecule has 1 aromatic heterocycles.